The molecule has 0 unspecified atom stereocenters. The third-order valence-corrected chi connectivity index (χ3v) is 3.10. The van der Waals surface area contributed by atoms with Gasteiger partial charge in [-0.15, -0.1) is 11.8 Å². The number of benzene rings is 1. The summed E-state index contributed by atoms with van der Waals surface area (Å²) in [5.74, 6) is 0. The molecule has 0 aliphatic carbocycles. The van der Waals surface area contributed by atoms with E-state index in [0.717, 1.165) is 13.0 Å². The van der Waals surface area contributed by atoms with Crippen LogP contribution in [0.1, 0.15) is 19.4 Å². The first-order valence-electron chi connectivity index (χ1n) is 5.13. The van der Waals surface area contributed by atoms with Crippen LogP contribution in [0.15, 0.2) is 29.2 Å². The van der Waals surface area contributed by atoms with Crippen LogP contribution in [0.4, 0.5) is 0 Å². The standard InChI is InChI=1S/C12H19NS/c1-10(2)14-12-7-5-4-6-11(12)8-9-13-3/h4-7,10,13H,8-9H2,1-3H3. The molecule has 78 valence electrons. The lowest BCUT2D eigenvalue weighted by atomic mass is 10.1. The van der Waals surface area contributed by atoms with Crippen LogP contribution in [-0.4, -0.2) is 18.8 Å². The molecular weight excluding hydrogens is 190 g/mol. The molecule has 1 nitrogen and oxygen atoms in total. The van der Waals surface area contributed by atoms with Gasteiger partial charge in [-0.3, -0.25) is 0 Å². The van der Waals surface area contributed by atoms with Gasteiger partial charge in [0.15, 0.2) is 0 Å². The highest BCUT2D eigenvalue weighted by atomic mass is 32.2. The Kier molecular flexibility index (Phi) is 5.05. The van der Waals surface area contributed by atoms with Crippen molar-refractivity contribution in [3.8, 4) is 0 Å². The van der Waals surface area contributed by atoms with Crippen LogP contribution in [-0.2, 0) is 6.42 Å². The van der Waals surface area contributed by atoms with Crippen LogP contribution in [0, 0.1) is 0 Å². The highest BCUT2D eigenvalue weighted by molar-refractivity contribution is 8.00. The number of hydrogen-bond acceptors (Lipinski definition) is 2. The smallest absolute Gasteiger partial charge is 0.0107 e. The molecule has 0 atom stereocenters. The Morgan fingerprint density at radius 1 is 1.29 bits per heavy atom. The predicted octanol–water partition coefficient (Wildman–Crippen LogP) is 2.95. The summed E-state index contributed by atoms with van der Waals surface area (Å²) in [6.45, 7) is 5.52. The molecule has 2 heteroatoms. The van der Waals surface area contributed by atoms with E-state index in [1.807, 2.05) is 18.8 Å². The van der Waals surface area contributed by atoms with Crippen LogP contribution in [0.3, 0.4) is 0 Å². The Bertz CT molecular complexity index is 271. The third kappa shape index (κ3) is 3.72. The Morgan fingerprint density at radius 3 is 2.64 bits per heavy atom. The van der Waals surface area contributed by atoms with Crippen LogP contribution in [0.5, 0.6) is 0 Å². The Balaban J connectivity index is 2.69. The van der Waals surface area contributed by atoms with Gasteiger partial charge in [0.1, 0.15) is 0 Å². The highest BCUT2D eigenvalue weighted by Crippen LogP contribution is 2.26. The van der Waals surface area contributed by atoms with E-state index in [9.17, 15) is 0 Å². The first kappa shape index (κ1) is 11.6. The van der Waals surface area contributed by atoms with Gasteiger partial charge in [-0.2, -0.15) is 0 Å². The molecule has 0 aliphatic rings. The third-order valence-electron chi connectivity index (χ3n) is 1.98. The molecule has 0 saturated heterocycles. The minimum atomic E-state index is 0.658. The second kappa shape index (κ2) is 6.10. The van der Waals surface area contributed by atoms with Gasteiger partial charge in [0.05, 0.1) is 0 Å². The fraction of sp³-hybridized carbons (Fsp3) is 0.500. The number of rotatable bonds is 5. The Labute approximate surface area is 91.3 Å². The van der Waals surface area contributed by atoms with E-state index in [1.165, 1.54) is 10.5 Å². The van der Waals surface area contributed by atoms with Gasteiger partial charge in [-0.05, 0) is 31.6 Å². The van der Waals surface area contributed by atoms with Crippen molar-refractivity contribution in [2.24, 2.45) is 0 Å². The quantitative estimate of drug-likeness (QED) is 0.748. The number of nitrogens with one attached hydrogen (secondary N) is 1. The van der Waals surface area contributed by atoms with Crippen molar-refractivity contribution >= 4 is 11.8 Å². The zero-order valence-corrected chi connectivity index (χ0v) is 10.0. The second-order valence-corrected chi connectivity index (χ2v) is 5.25. The summed E-state index contributed by atoms with van der Waals surface area (Å²) in [5.41, 5.74) is 1.46. The lowest BCUT2D eigenvalue weighted by Crippen LogP contribution is -2.10. The minimum absolute atomic E-state index is 0.658. The fourth-order valence-corrected chi connectivity index (χ4v) is 2.33. The van der Waals surface area contributed by atoms with Crippen molar-refractivity contribution in [1.82, 2.24) is 5.32 Å². The van der Waals surface area contributed by atoms with Crippen molar-refractivity contribution in [3.63, 3.8) is 0 Å². The van der Waals surface area contributed by atoms with Crippen LogP contribution in [0.2, 0.25) is 0 Å². The number of likely N-dealkylation sites (N-methyl/N-ethyl adjacent to an activating group) is 1. The largest absolute Gasteiger partial charge is 0.319 e. The van der Waals surface area contributed by atoms with Crippen LogP contribution >= 0.6 is 11.8 Å². The summed E-state index contributed by atoms with van der Waals surface area (Å²) in [4.78, 5) is 1.43. The minimum Gasteiger partial charge on any atom is -0.319 e. The molecule has 1 aromatic rings. The van der Waals surface area contributed by atoms with Gasteiger partial charge in [0.25, 0.3) is 0 Å². The molecule has 0 fully saturated rings. The molecule has 0 radical (unpaired) electrons. The van der Waals surface area contributed by atoms with Crippen LogP contribution < -0.4 is 5.32 Å². The summed E-state index contributed by atoms with van der Waals surface area (Å²) < 4.78 is 0. The van der Waals surface area contributed by atoms with Gasteiger partial charge in [0, 0.05) is 10.1 Å². The van der Waals surface area contributed by atoms with Gasteiger partial charge in [-0.1, -0.05) is 32.0 Å². The normalized spacial score (nSPS) is 10.9. The van der Waals surface area contributed by atoms with Crippen molar-refractivity contribution < 1.29 is 0 Å². The molecule has 0 bridgehead atoms. The number of thioether (sulfide) groups is 1. The van der Waals surface area contributed by atoms with E-state index in [2.05, 4.69) is 43.4 Å². The summed E-state index contributed by atoms with van der Waals surface area (Å²) in [5, 5.41) is 3.85. The van der Waals surface area contributed by atoms with Crippen LogP contribution in [0.25, 0.3) is 0 Å². The highest BCUT2D eigenvalue weighted by Gasteiger charge is 2.03. The maximum atomic E-state index is 3.19. The molecule has 14 heavy (non-hydrogen) atoms. The lowest BCUT2D eigenvalue weighted by molar-refractivity contribution is 0.783. The second-order valence-electron chi connectivity index (χ2n) is 3.63. The molecule has 0 aliphatic heterocycles. The monoisotopic (exact) mass is 209 g/mol. The van der Waals surface area contributed by atoms with Gasteiger partial charge < -0.3 is 5.32 Å². The topological polar surface area (TPSA) is 12.0 Å². The van der Waals surface area contributed by atoms with Crippen molar-refractivity contribution in [2.75, 3.05) is 13.6 Å². The van der Waals surface area contributed by atoms with E-state index in [4.69, 9.17) is 0 Å². The summed E-state index contributed by atoms with van der Waals surface area (Å²) >= 11 is 1.95. The van der Waals surface area contributed by atoms with E-state index in [0.29, 0.717) is 5.25 Å². The van der Waals surface area contributed by atoms with Gasteiger partial charge >= 0.3 is 0 Å². The molecule has 0 spiro atoms. The van der Waals surface area contributed by atoms with Gasteiger partial charge in [0.2, 0.25) is 0 Å². The van der Waals surface area contributed by atoms with E-state index in [1.54, 1.807) is 0 Å². The van der Waals surface area contributed by atoms with Crippen molar-refractivity contribution in [2.45, 2.75) is 30.4 Å². The summed E-state index contributed by atoms with van der Waals surface area (Å²) in [6, 6.07) is 8.68. The first-order valence-corrected chi connectivity index (χ1v) is 6.01. The van der Waals surface area contributed by atoms with E-state index < -0.39 is 0 Å². The Hall–Kier alpha value is -0.470. The predicted molar refractivity (Wildman–Crippen MR) is 65.1 cm³/mol. The average molecular weight is 209 g/mol. The summed E-state index contributed by atoms with van der Waals surface area (Å²) in [7, 11) is 2.00. The van der Waals surface area contributed by atoms with Gasteiger partial charge in [-0.25, -0.2) is 0 Å². The lowest BCUT2D eigenvalue weighted by Gasteiger charge is -2.10. The molecule has 0 saturated carbocycles. The zero-order chi connectivity index (χ0) is 10.4. The van der Waals surface area contributed by atoms with Crippen molar-refractivity contribution in [3.05, 3.63) is 29.8 Å². The maximum absolute atomic E-state index is 3.19. The number of hydrogen-bond donors (Lipinski definition) is 1. The molecule has 1 N–H and O–H groups in total. The SMILES string of the molecule is CNCCc1ccccc1SC(C)C. The molecule has 0 amide bonds. The van der Waals surface area contributed by atoms with E-state index in [-0.39, 0.29) is 0 Å². The molecule has 0 heterocycles. The molecule has 1 aromatic carbocycles. The average Bonchev–Trinajstić information content (AvgIpc) is 2.16. The Morgan fingerprint density at radius 2 is 2.00 bits per heavy atom. The zero-order valence-electron chi connectivity index (χ0n) is 9.21. The van der Waals surface area contributed by atoms with E-state index >= 15 is 0 Å². The first-order chi connectivity index (χ1) is 6.74. The molecule has 1 rings (SSSR count). The fourth-order valence-electron chi connectivity index (χ4n) is 1.34. The summed E-state index contributed by atoms with van der Waals surface area (Å²) in [6.07, 6.45) is 1.12. The molecular formula is C12H19NS. The molecule has 0 aromatic heterocycles. The van der Waals surface area contributed by atoms with Crippen molar-refractivity contribution in [1.29, 1.82) is 0 Å². The maximum Gasteiger partial charge on any atom is 0.0107 e.